The molecular formula is C19H24N2. The Morgan fingerprint density at radius 2 is 1.86 bits per heavy atom. The molecule has 2 nitrogen and oxygen atoms in total. The fourth-order valence-corrected chi connectivity index (χ4v) is 3.33. The van der Waals surface area contributed by atoms with Gasteiger partial charge in [0.05, 0.1) is 5.69 Å². The van der Waals surface area contributed by atoms with Crippen LogP contribution < -0.4 is 5.32 Å². The maximum atomic E-state index is 5.02. The molecule has 0 saturated heterocycles. The molecule has 0 radical (unpaired) electrons. The summed E-state index contributed by atoms with van der Waals surface area (Å²) in [4.78, 5) is 5.02. The Morgan fingerprint density at radius 3 is 2.52 bits per heavy atom. The van der Waals surface area contributed by atoms with E-state index in [1.165, 1.54) is 39.2 Å². The number of nitrogens with one attached hydrogen (secondary N) is 1. The van der Waals surface area contributed by atoms with Crippen molar-refractivity contribution in [3.63, 3.8) is 0 Å². The van der Waals surface area contributed by atoms with Crippen LogP contribution in [-0.2, 0) is 25.8 Å². The van der Waals surface area contributed by atoms with Crippen molar-refractivity contribution in [1.29, 1.82) is 0 Å². The first-order valence-electron chi connectivity index (χ1n) is 8.05. The number of benzene rings is 1. The summed E-state index contributed by atoms with van der Waals surface area (Å²) < 4.78 is 0. The SMILES string of the molecule is CCc1cccc(CC)c1-c1cc(C)c2c(n1)CCNC2. The maximum absolute atomic E-state index is 5.02. The van der Waals surface area contributed by atoms with Crippen molar-refractivity contribution in [3.8, 4) is 11.3 Å². The Kier molecular flexibility index (Phi) is 4.07. The zero-order valence-electron chi connectivity index (χ0n) is 13.3. The highest BCUT2D eigenvalue weighted by Crippen LogP contribution is 2.30. The first-order valence-corrected chi connectivity index (χ1v) is 8.05. The van der Waals surface area contributed by atoms with E-state index in [9.17, 15) is 0 Å². The lowest BCUT2D eigenvalue weighted by atomic mass is 9.92. The molecule has 1 N–H and O–H groups in total. The van der Waals surface area contributed by atoms with Crippen molar-refractivity contribution in [2.45, 2.75) is 46.6 Å². The van der Waals surface area contributed by atoms with Gasteiger partial charge in [0.25, 0.3) is 0 Å². The summed E-state index contributed by atoms with van der Waals surface area (Å²) in [5, 5.41) is 3.45. The predicted molar refractivity (Wildman–Crippen MR) is 88.6 cm³/mol. The van der Waals surface area contributed by atoms with Gasteiger partial charge in [0.1, 0.15) is 0 Å². The lowest BCUT2D eigenvalue weighted by molar-refractivity contribution is 0.627. The second-order valence-corrected chi connectivity index (χ2v) is 5.83. The minimum Gasteiger partial charge on any atom is -0.312 e. The van der Waals surface area contributed by atoms with Crippen molar-refractivity contribution >= 4 is 0 Å². The normalized spacial score (nSPS) is 14.0. The number of hydrogen-bond donors (Lipinski definition) is 1. The Morgan fingerprint density at radius 1 is 1.14 bits per heavy atom. The van der Waals surface area contributed by atoms with Crippen molar-refractivity contribution < 1.29 is 0 Å². The summed E-state index contributed by atoms with van der Waals surface area (Å²) in [7, 11) is 0. The van der Waals surface area contributed by atoms with Crippen LogP contribution in [0.25, 0.3) is 11.3 Å². The van der Waals surface area contributed by atoms with Gasteiger partial charge in [-0.05, 0) is 48.1 Å². The molecule has 21 heavy (non-hydrogen) atoms. The van der Waals surface area contributed by atoms with Crippen LogP contribution >= 0.6 is 0 Å². The second kappa shape index (κ2) is 5.98. The smallest absolute Gasteiger partial charge is 0.0713 e. The summed E-state index contributed by atoms with van der Waals surface area (Å²) in [5.41, 5.74) is 9.42. The maximum Gasteiger partial charge on any atom is 0.0713 e. The van der Waals surface area contributed by atoms with Gasteiger partial charge in [0.15, 0.2) is 0 Å². The molecule has 0 fully saturated rings. The van der Waals surface area contributed by atoms with E-state index in [4.69, 9.17) is 4.98 Å². The molecule has 1 aliphatic rings. The second-order valence-electron chi connectivity index (χ2n) is 5.83. The van der Waals surface area contributed by atoms with E-state index >= 15 is 0 Å². The molecule has 1 aromatic carbocycles. The highest BCUT2D eigenvalue weighted by molar-refractivity contribution is 5.69. The number of rotatable bonds is 3. The first kappa shape index (κ1) is 14.3. The van der Waals surface area contributed by atoms with E-state index in [2.05, 4.69) is 50.4 Å². The van der Waals surface area contributed by atoms with Crippen LogP contribution in [0.4, 0.5) is 0 Å². The summed E-state index contributed by atoms with van der Waals surface area (Å²) in [5.74, 6) is 0. The highest BCUT2D eigenvalue weighted by Gasteiger charge is 2.17. The Balaban J connectivity index is 2.19. The molecule has 1 aromatic heterocycles. The molecule has 0 bridgehead atoms. The van der Waals surface area contributed by atoms with Crippen LogP contribution in [0.3, 0.4) is 0 Å². The van der Waals surface area contributed by atoms with E-state index in [0.29, 0.717) is 0 Å². The third-order valence-corrected chi connectivity index (χ3v) is 4.53. The summed E-state index contributed by atoms with van der Waals surface area (Å²) in [6.45, 7) is 8.68. The van der Waals surface area contributed by atoms with Gasteiger partial charge < -0.3 is 5.32 Å². The predicted octanol–water partition coefficient (Wildman–Crippen LogP) is 3.83. The van der Waals surface area contributed by atoms with Gasteiger partial charge in [-0.1, -0.05) is 32.0 Å². The zero-order valence-corrected chi connectivity index (χ0v) is 13.3. The molecule has 110 valence electrons. The molecule has 3 rings (SSSR count). The molecule has 0 saturated carbocycles. The lowest BCUT2D eigenvalue weighted by Crippen LogP contribution is -2.25. The number of pyridine rings is 1. The molecule has 0 atom stereocenters. The van der Waals surface area contributed by atoms with Gasteiger partial charge in [0, 0.05) is 30.8 Å². The Labute approximate surface area is 127 Å². The van der Waals surface area contributed by atoms with Gasteiger partial charge in [-0.2, -0.15) is 0 Å². The third kappa shape index (κ3) is 2.60. The summed E-state index contributed by atoms with van der Waals surface area (Å²) >= 11 is 0. The Hall–Kier alpha value is -1.67. The average molecular weight is 280 g/mol. The van der Waals surface area contributed by atoms with E-state index < -0.39 is 0 Å². The van der Waals surface area contributed by atoms with Crippen LogP contribution in [0, 0.1) is 6.92 Å². The van der Waals surface area contributed by atoms with Crippen LogP contribution in [0.1, 0.15) is 41.8 Å². The molecular weight excluding hydrogens is 256 g/mol. The summed E-state index contributed by atoms with van der Waals surface area (Å²) in [6, 6.07) is 8.94. The quantitative estimate of drug-likeness (QED) is 0.924. The molecule has 0 spiro atoms. The van der Waals surface area contributed by atoms with E-state index in [1.807, 2.05) is 0 Å². The standard InChI is InChI=1S/C19H24N2/c1-4-14-7-6-8-15(5-2)19(14)18-11-13(3)16-12-20-10-9-17(16)21-18/h6-8,11,20H,4-5,9-10,12H2,1-3H3. The molecule has 0 amide bonds. The number of aromatic nitrogens is 1. The third-order valence-electron chi connectivity index (χ3n) is 4.53. The minimum absolute atomic E-state index is 0.963. The van der Waals surface area contributed by atoms with Crippen molar-refractivity contribution in [2.75, 3.05) is 6.54 Å². The Bertz CT molecular complexity index is 637. The van der Waals surface area contributed by atoms with Crippen molar-refractivity contribution in [2.24, 2.45) is 0 Å². The largest absolute Gasteiger partial charge is 0.312 e. The lowest BCUT2D eigenvalue weighted by Gasteiger charge is -2.21. The molecule has 0 aliphatic carbocycles. The van der Waals surface area contributed by atoms with Gasteiger partial charge in [-0.25, -0.2) is 0 Å². The zero-order chi connectivity index (χ0) is 14.8. The number of fused-ring (bicyclic) bond motifs is 1. The number of nitrogens with zero attached hydrogens (tertiary/aromatic N) is 1. The summed E-state index contributed by atoms with van der Waals surface area (Å²) in [6.07, 6.45) is 3.16. The van der Waals surface area contributed by atoms with Gasteiger partial charge in [-0.15, -0.1) is 0 Å². The molecule has 0 unspecified atom stereocenters. The van der Waals surface area contributed by atoms with Gasteiger partial charge in [-0.3, -0.25) is 4.98 Å². The van der Waals surface area contributed by atoms with Crippen LogP contribution in [0.2, 0.25) is 0 Å². The monoisotopic (exact) mass is 280 g/mol. The van der Waals surface area contributed by atoms with Gasteiger partial charge >= 0.3 is 0 Å². The number of hydrogen-bond acceptors (Lipinski definition) is 2. The highest BCUT2D eigenvalue weighted by atomic mass is 14.9. The average Bonchev–Trinajstić information content (AvgIpc) is 2.54. The molecule has 2 heteroatoms. The van der Waals surface area contributed by atoms with Crippen LogP contribution in [0.15, 0.2) is 24.3 Å². The van der Waals surface area contributed by atoms with Crippen LogP contribution in [-0.4, -0.2) is 11.5 Å². The molecule has 1 aliphatic heterocycles. The minimum atomic E-state index is 0.963. The van der Waals surface area contributed by atoms with E-state index in [-0.39, 0.29) is 0 Å². The molecule has 2 heterocycles. The fraction of sp³-hybridized carbons (Fsp3) is 0.421. The number of aryl methyl sites for hydroxylation is 3. The first-order chi connectivity index (χ1) is 10.2. The topological polar surface area (TPSA) is 24.9 Å². The molecule has 2 aromatic rings. The fourth-order valence-electron chi connectivity index (χ4n) is 3.33. The van der Waals surface area contributed by atoms with Crippen LogP contribution in [0.5, 0.6) is 0 Å². The van der Waals surface area contributed by atoms with E-state index in [1.54, 1.807) is 0 Å². The van der Waals surface area contributed by atoms with E-state index in [0.717, 1.165) is 32.4 Å². The van der Waals surface area contributed by atoms with Gasteiger partial charge in [0.2, 0.25) is 0 Å². The van der Waals surface area contributed by atoms with Crippen molar-refractivity contribution in [1.82, 2.24) is 10.3 Å². The van der Waals surface area contributed by atoms with Crippen molar-refractivity contribution in [3.05, 3.63) is 52.2 Å².